The van der Waals surface area contributed by atoms with Crippen molar-refractivity contribution in [2.45, 2.75) is 58.7 Å². The van der Waals surface area contributed by atoms with Crippen molar-refractivity contribution in [2.75, 3.05) is 11.6 Å². The van der Waals surface area contributed by atoms with Gasteiger partial charge in [0.25, 0.3) is 5.91 Å². The van der Waals surface area contributed by atoms with Gasteiger partial charge in [0.15, 0.2) is 11.3 Å². The molecule has 0 aliphatic heterocycles. The first-order valence-corrected chi connectivity index (χ1v) is 10.2. The van der Waals surface area contributed by atoms with Gasteiger partial charge in [-0.15, -0.1) is 0 Å². The van der Waals surface area contributed by atoms with E-state index in [4.69, 9.17) is 4.74 Å². The van der Waals surface area contributed by atoms with E-state index >= 15 is 0 Å². The Bertz CT molecular complexity index is 871. The Morgan fingerprint density at radius 3 is 2.25 bits per heavy atom. The van der Waals surface area contributed by atoms with E-state index in [1.165, 1.54) is 11.8 Å². The highest BCUT2D eigenvalue weighted by Gasteiger charge is 2.21. The number of ether oxygens (including phenoxy) is 1. The zero-order chi connectivity index (χ0) is 21.0. The molecule has 0 aliphatic carbocycles. The quantitative estimate of drug-likeness (QED) is 0.429. The third-order valence-electron chi connectivity index (χ3n) is 4.60. The highest BCUT2D eigenvalue weighted by molar-refractivity contribution is 7.98. The van der Waals surface area contributed by atoms with E-state index in [2.05, 4.69) is 20.4 Å². The van der Waals surface area contributed by atoms with Crippen LogP contribution in [0.2, 0.25) is 0 Å². The molecule has 0 saturated carbocycles. The second-order valence-electron chi connectivity index (χ2n) is 6.65. The van der Waals surface area contributed by atoms with Crippen LogP contribution in [-0.2, 0) is 27.8 Å². The Morgan fingerprint density at radius 1 is 1.14 bits per heavy atom. The molecule has 8 nitrogen and oxygen atoms in total. The van der Waals surface area contributed by atoms with Gasteiger partial charge < -0.3 is 10.1 Å². The van der Waals surface area contributed by atoms with Crippen LogP contribution in [-0.4, -0.2) is 44.0 Å². The van der Waals surface area contributed by atoms with E-state index in [0.717, 1.165) is 22.6 Å². The summed E-state index contributed by atoms with van der Waals surface area (Å²) >= 11 is 1.48. The topological polar surface area (TPSA) is 99.0 Å². The predicted octanol–water partition coefficient (Wildman–Crippen LogP) is 2.67. The summed E-state index contributed by atoms with van der Waals surface area (Å²) in [4.78, 5) is 33.4. The van der Waals surface area contributed by atoms with Gasteiger partial charge >= 0.3 is 5.97 Å². The van der Waals surface area contributed by atoms with Crippen LogP contribution in [0.5, 0.6) is 0 Å². The first kappa shape index (κ1) is 21.9. The molecule has 1 N–H and O–H groups in total. The maximum atomic E-state index is 12.4. The fraction of sp³-hybridized carbons (Fsp3) is 0.526. The number of aromatic nitrogens is 4. The molecule has 0 bridgehead atoms. The normalized spacial score (nSPS) is 12.0. The minimum absolute atomic E-state index is 0.159. The van der Waals surface area contributed by atoms with Gasteiger partial charge in [0.1, 0.15) is 0 Å². The second kappa shape index (κ2) is 9.18. The van der Waals surface area contributed by atoms with Crippen molar-refractivity contribution in [1.82, 2.24) is 19.7 Å². The molecule has 9 heteroatoms. The number of carbonyl (C=O) groups excluding carboxylic acids is 2. The first-order chi connectivity index (χ1) is 13.1. The number of aryl methyl sites for hydroxylation is 4. The van der Waals surface area contributed by atoms with Crippen molar-refractivity contribution in [3.8, 4) is 0 Å². The van der Waals surface area contributed by atoms with Crippen LogP contribution in [0.15, 0.2) is 5.16 Å². The van der Waals surface area contributed by atoms with Crippen LogP contribution in [0.1, 0.15) is 41.7 Å². The summed E-state index contributed by atoms with van der Waals surface area (Å²) in [6.45, 7) is 9.05. The number of anilines is 1. The van der Waals surface area contributed by atoms with E-state index < -0.39 is 12.1 Å². The van der Waals surface area contributed by atoms with Gasteiger partial charge in [0.2, 0.25) is 0 Å². The number of esters is 1. The van der Waals surface area contributed by atoms with Gasteiger partial charge in [0.05, 0.1) is 17.1 Å². The highest BCUT2D eigenvalue weighted by atomic mass is 32.2. The number of nitrogens with zero attached hydrogens (tertiary/aromatic N) is 4. The van der Waals surface area contributed by atoms with Gasteiger partial charge in [-0.05, 0) is 52.9 Å². The van der Waals surface area contributed by atoms with Crippen molar-refractivity contribution < 1.29 is 14.3 Å². The van der Waals surface area contributed by atoms with Crippen molar-refractivity contribution in [3.63, 3.8) is 0 Å². The summed E-state index contributed by atoms with van der Waals surface area (Å²) < 4.78 is 6.99. The molecular formula is C19H27N5O3S. The maximum absolute atomic E-state index is 12.4. The minimum atomic E-state index is -0.899. The lowest BCUT2D eigenvalue weighted by Gasteiger charge is -2.14. The van der Waals surface area contributed by atoms with Crippen LogP contribution >= 0.6 is 11.8 Å². The van der Waals surface area contributed by atoms with Crippen molar-refractivity contribution in [3.05, 3.63) is 28.3 Å². The highest BCUT2D eigenvalue weighted by Crippen LogP contribution is 2.19. The molecule has 1 unspecified atom stereocenters. The number of amides is 1. The van der Waals surface area contributed by atoms with Gasteiger partial charge in [-0.3, -0.25) is 14.3 Å². The Hall–Kier alpha value is -2.42. The molecule has 0 aliphatic rings. The first-order valence-electron chi connectivity index (χ1n) is 9.02. The third kappa shape index (κ3) is 5.09. The van der Waals surface area contributed by atoms with Crippen molar-refractivity contribution in [1.29, 1.82) is 0 Å². The molecular weight excluding hydrogens is 378 g/mol. The lowest BCUT2D eigenvalue weighted by molar-refractivity contribution is -0.153. The summed E-state index contributed by atoms with van der Waals surface area (Å²) in [5.41, 5.74) is 4.85. The summed E-state index contributed by atoms with van der Waals surface area (Å²) in [6, 6.07) is 0. The zero-order valence-corrected chi connectivity index (χ0v) is 18.2. The van der Waals surface area contributed by atoms with Crippen LogP contribution in [0, 0.1) is 27.7 Å². The van der Waals surface area contributed by atoms with Crippen LogP contribution in [0.4, 0.5) is 5.69 Å². The van der Waals surface area contributed by atoms with E-state index in [1.807, 2.05) is 34.0 Å². The number of thioether (sulfide) groups is 1. The van der Waals surface area contributed by atoms with E-state index in [-0.39, 0.29) is 12.3 Å². The molecule has 28 heavy (non-hydrogen) atoms. The SMILES string of the molecule is CSc1nc(C)c(CCC(=O)OC(C)C(=O)Nc2c(C)nn(C)c2C)c(C)n1. The summed E-state index contributed by atoms with van der Waals surface area (Å²) in [5, 5.41) is 7.76. The van der Waals surface area contributed by atoms with E-state index in [0.29, 0.717) is 23.0 Å². The lowest BCUT2D eigenvalue weighted by atomic mass is 10.1. The van der Waals surface area contributed by atoms with Crippen LogP contribution in [0.3, 0.4) is 0 Å². The molecule has 0 fully saturated rings. The van der Waals surface area contributed by atoms with E-state index in [1.54, 1.807) is 18.7 Å². The monoisotopic (exact) mass is 405 g/mol. The second-order valence-corrected chi connectivity index (χ2v) is 7.42. The Kier molecular flexibility index (Phi) is 7.17. The molecule has 0 spiro atoms. The number of carbonyl (C=O) groups is 2. The fourth-order valence-electron chi connectivity index (χ4n) is 2.88. The smallest absolute Gasteiger partial charge is 0.306 e. The molecule has 152 valence electrons. The molecule has 2 rings (SSSR count). The summed E-state index contributed by atoms with van der Waals surface area (Å²) in [5.74, 6) is -0.817. The number of hydrogen-bond acceptors (Lipinski definition) is 7. The van der Waals surface area contributed by atoms with Crippen LogP contribution < -0.4 is 5.32 Å². The third-order valence-corrected chi connectivity index (χ3v) is 5.14. The minimum Gasteiger partial charge on any atom is -0.453 e. The average Bonchev–Trinajstić information content (AvgIpc) is 2.86. The Labute approximate surface area is 169 Å². The number of nitrogens with one attached hydrogen (secondary N) is 1. The zero-order valence-electron chi connectivity index (χ0n) is 17.4. The standard InChI is InChI=1S/C19H27N5O3S/c1-10-15(11(2)21-19(20-10)28-7)8-9-16(25)27-14(5)18(26)22-17-12(3)23-24(6)13(17)4/h14H,8-9H2,1-7H3,(H,22,26). The van der Waals surface area contributed by atoms with Gasteiger partial charge in [0, 0.05) is 24.9 Å². The number of hydrogen-bond donors (Lipinski definition) is 1. The molecule has 0 saturated heterocycles. The fourth-order valence-corrected chi connectivity index (χ4v) is 3.33. The molecule has 1 amide bonds. The average molecular weight is 406 g/mol. The Balaban J connectivity index is 1.93. The molecule has 2 heterocycles. The van der Waals surface area contributed by atoms with Gasteiger partial charge in [-0.25, -0.2) is 9.97 Å². The van der Waals surface area contributed by atoms with Crippen molar-refractivity contribution in [2.24, 2.45) is 7.05 Å². The van der Waals surface area contributed by atoms with E-state index in [9.17, 15) is 9.59 Å². The maximum Gasteiger partial charge on any atom is 0.306 e. The molecule has 2 aromatic rings. The Morgan fingerprint density at radius 2 is 1.75 bits per heavy atom. The number of rotatable bonds is 7. The molecule has 2 aromatic heterocycles. The summed E-state index contributed by atoms with van der Waals surface area (Å²) in [6.07, 6.45) is 1.66. The van der Waals surface area contributed by atoms with Crippen molar-refractivity contribution >= 4 is 29.3 Å². The van der Waals surface area contributed by atoms with Gasteiger partial charge in [-0.1, -0.05) is 11.8 Å². The van der Waals surface area contributed by atoms with Gasteiger partial charge in [-0.2, -0.15) is 5.10 Å². The molecule has 0 radical (unpaired) electrons. The van der Waals surface area contributed by atoms with Crippen LogP contribution in [0.25, 0.3) is 0 Å². The largest absolute Gasteiger partial charge is 0.453 e. The lowest BCUT2D eigenvalue weighted by Crippen LogP contribution is -2.30. The summed E-state index contributed by atoms with van der Waals surface area (Å²) in [7, 11) is 1.81. The molecule has 0 aromatic carbocycles. The molecule has 1 atom stereocenters. The predicted molar refractivity (Wildman–Crippen MR) is 108 cm³/mol.